The van der Waals surface area contributed by atoms with Gasteiger partial charge in [-0.3, -0.25) is 10.1 Å². The molecule has 0 heterocycles. The number of ether oxygens (including phenoxy) is 1. The first-order valence-corrected chi connectivity index (χ1v) is 5.78. The molecule has 0 spiro atoms. The van der Waals surface area contributed by atoms with Crippen molar-refractivity contribution in [2.75, 3.05) is 12.4 Å². The highest BCUT2D eigenvalue weighted by atomic mass is 16.6. The quantitative estimate of drug-likeness (QED) is 0.679. The number of nitrogens with zero attached hydrogens (tertiary/aromatic N) is 2. The van der Waals surface area contributed by atoms with Gasteiger partial charge in [0, 0.05) is 12.7 Å². The van der Waals surface area contributed by atoms with Gasteiger partial charge in [0.25, 0.3) is 5.69 Å². The molecule has 1 N–H and O–H groups in total. The smallest absolute Gasteiger partial charge is 0.290 e. The Morgan fingerprint density at radius 3 is 2.40 bits per heavy atom. The van der Waals surface area contributed by atoms with Crippen LogP contribution in [0, 0.1) is 21.4 Å². The van der Waals surface area contributed by atoms with Gasteiger partial charge in [-0.05, 0) is 36.4 Å². The van der Waals surface area contributed by atoms with E-state index < -0.39 is 4.92 Å². The van der Waals surface area contributed by atoms with Gasteiger partial charge < -0.3 is 10.1 Å². The van der Waals surface area contributed by atoms with Gasteiger partial charge in [-0.1, -0.05) is 0 Å². The van der Waals surface area contributed by atoms with E-state index in [4.69, 9.17) is 10.00 Å². The third-order valence-electron chi connectivity index (χ3n) is 2.67. The van der Waals surface area contributed by atoms with Crippen LogP contribution in [-0.2, 0) is 0 Å². The average molecular weight is 269 g/mol. The maximum Gasteiger partial charge on any atom is 0.290 e. The third-order valence-corrected chi connectivity index (χ3v) is 2.67. The lowest BCUT2D eigenvalue weighted by Gasteiger charge is -2.07. The minimum atomic E-state index is -0.602. The third kappa shape index (κ3) is 2.84. The second kappa shape index (κ2) is 5.71. The van der Waals surface area contributed by atoms with Crippen LogP contribution < -0.4 is 10.1 Å². The zero-order chi connectivity index (χ0) is 14.5. The van der Waals surface area contributed by atoms with E-state index in [1.165, 1.54) is 18.2 Å². The lowest BCUT2D eigenvalue weighted by atomic mass is 10.2. The van der Waals surface area contributed by atoms with Crippen LogP contribution in [0.25, 0.3) is 0 Å². The Morgan fingerprint density at radius 1 is 1.20 bits per heavy atom. The van der Waals surface area contributed by atoms with Crippen LogP contribution in [0.4, 0.5) is 11.4 Å². The zero-order valence-electron chi connectivity index (χ0n) is 10.7. The van der Waals surface area contributed by atoms with Crippen molar-refractivity contribution in [2.45, 2.75) is 0 Å². The molecule has 2 aromatic rings. The number of rotatable bonds is 4. The van der Waals surface area contributed by atoms with Gasteiger partial charge in [-0.2, -0.15) is 5.26 Å². The van der Waals surface area contributed by atoms with Gasteiger partial charge >= 0.3 is 0 Å². The van der Waals surface area contributed by atoms with Crippen LogP contribution in [0.5, 0.6) is 11.5 Å². The monoisotopic (exact) mass is 269 g/mol. The maximum atomic E-state index is 10.9. The second-order valence-corrected chi connectivity index (χ2v) is 3.92. The van der Waals surface area contributed by atoms with Crippen molar-refractivity contribution in [1.82, 2.24) is 0 Å². The molecule has 0 aromatic heterocycles. The number of anilines is 1. The minimum Gasteiger partial charge on any atom is -0.457 e. The molecule has 0 amide bonds. The average Bonchev–Trinajstić information content (AvgIpc) is 2.48. The van der Waals surface area contributed by atoms with E-state index in [1.54, 1.807) is 25.2 Å². The molecule has 0 fully saturated rings. The summed E-state index contributed by atoms with van der Waals surface area (Å²) >= 11 is 0. The molecular formula is C14H11N3O3. The number of hydrogen-bond donors (Lipinski definition) is 1. The van der Waals surface area contributed by atoms with Crippen molar-refractivity contribution in [2.24, 2.45) is 0 Å². The first-order valence-electron chi connectivity index (χ1n) is 5.78. The number of hydrogen-bond acceptors (Lipinski definition) is 5. The fraction of sp³-hybridized carbons (Fsp3) is 0.0714. The summed E-state index contributed by atoms with van der Waals surface area (Å²) in [5.41, 5.74) is 0.674. The summed E-state index contributed by atoms with van der Waals surface area (Å²) in [5, 5.41) is 22.6. The van der Waals surface area contributed by atoms with Crippen molar-refractivity contribution in [3.63, 3.8) is 0 Å². The molecule has 2 rings (SSSR count). The Morgan fingerprint density at radius 2 is 1.85 bits per heavy atom. The first-order chi connectivity index (χ1) is 9.63. The summed E-state index contributed by atoms with van der Waals surface area (Å²) in [5.74, 6) is 0.871. The number of benzene rings is 2. The Labute approximate surface area is 115 Å². The highest BCUT2D eigenvalue weighted by Crippen LogP contribution is 2.28. The molecule has 6 heteroatoms. The van der Waals surface area contributed by atoms with Crippen LogP contribution >= 0.6 is 0 Å². The van der Waals surface area contributed by atoms with E-state index in [0.29, 0.717) is 11.5 Å². The van der Waals surface area contributed by atoms with E-state index >= 15 is 0 Å². The molecule has 6 nitrogen and oxygen atoms in total. The molecule has 0 saturated heterocycles. The standard InChI is InChI=1S/C14H11N3O3/c1-16-11-3-6-12(7-4-11)20-13-5-2-10(9-15)14(8-13)17(18)19/h2-8,16H,1H3. The fourth-order valence-electron chi connectivity index (χ4n) is 1.65. The molecule has 0 atom stereocenters. The van der Waals surface area contributed by atoms with Gasteiger partial charge in [-0.15, -0.1) is 0 Å². The molecular weight excluding hydrogens is 258 g/mol. The first kappa shape index (κ1) is 13.4. The lowest BCUT2D eigenvalue weighted by molar-refractivity contribution is -0.385. The van der Waals surface area contributed by atoms with Crippen LogP contribution in [0.15, 0.2) is 42.5 Å². The summed E-state index contributed by atoms with van der Waals surface area (Å²) in [6.45, 7) is 0. The lowest BCUT2D eigenvalue weighted by Crippen LogP contribution is -1.93. The van der Waals surface area contributed by atoms with Crippen LogP contribution in [0.3, 0.4) is 0 Å². The summed E-state index contributed by atoms with van der Waals surface area (Å²) < 4.78 is 5.53. The summed E-state index contributed by atoms with van der Waals surface area (Å²) in [6, 6.07) is 13.1. The van der Waals surface area contributed by atoms with Crippen LogP contribution in [0.1, 0.15) is 5.56 Å². The Hall–Kier alpha value is -3.07. The second-order valence-electron chi connectivity index (χ2n) is 3.92. The van der Waals surface area contributed by atoms with Crippen molar-refractivity contribution in [3.05, 3.63) is 58.1 Å². The molecule has 0 aliphatic carbocycles. The molecule has 0 saturated carbocycles. The summed E-state index contributed by atoms with van der Waals surface area (Å²) in [7, 11) is 1.81. The number of nitrogens with one attached hydrogen (secondary N) is 1. The van der Waals surface area contributed by atoms with Crippen molar-refractivity contribution >= 4 is 11.4 Å². The van der Waals surface area contributed by atoms with Gasteiger partial charge in [0.1, 0.15) is 23.1 Å². The summed E-state index contributed by atoms with van der Waals surface area (Å²) in [4.78, 5) is 10.3. The van der Waals surface area contributed by atoms with Crippen LogP contribution in [-0.4, -0.2) is 12.0 Å². The Kier molecular flexibility index (Phi) is 3.82. The van der Waals surface area contributed by atoms with Crippen LogP contribution in [0.2, 0.25) is 0 Å². The molecule has 0 unspecified atom stereocenters. The highest BCUT2D eigenvalue weighted by molar-refractivity contribution is 5.53. The summed E-state index contributed by atoms with van der Waals surface area (Å²) in [6.07, 6.45) is 0. The van der Waals surface area contributed by atoms with E-state index in [0.717, 1.165) is 5.69 Å². The molecule has 0 bridgehead atoms. The maximum absolute atomic E-state index is 10.9. The molecule has 20 heavy (non-hydrogen) atoms. The normalized spacial score (nSPS) is 9.60. The minimum absolute atomic E-state index is 0.00730. The van der Waals surface area contributed by atoms with Crippen molar-refractivity contribution < 1.29 is 9.66 Å². The van der Waals surface area contributed by atoms with E-state index in [2.05, 4.69) is 5.32 Å². The molecule has 100 valence electrons. The topological polar surface area (TPSA) is 88.2 Å². The molecule has 0 aliphatic rings. The van der Waals surface area contributed by atoms with Gasteiger partial charge in [0.2, 0.25) is 0 Å². The predicted octanol–water partition coefficient (Wildman–Crippen LogP) is 3.30. The molecule has 0 radical (unpaired) electrons. The predicted molar refractivity (Wildman–Crippen MR) is 73.9 cm³/mol. The van der Waals surface area contributed by atoms with Crippen molar-refractivity contribution in [1.29, 1.82) is 5.26 Å². The van der Waals surface area contributed by atoms with E-state index in [-0.39, 0.29) is 11.3 Å². The van der Waals surface area contributed by atoms with E-state index in [1.807, 2.05) is 12.1 Å². The zero-order valence-corrected chi connectivity index (χ0v) is 10.7. The van der Waals surface area contributed by atoms with E-state index in [9.17, 15) is 10.1 Å². The largest absolute Gasteiger partial charge is 0.457 e. The number of nitriles is 1. The molecule has 0 aliphatic heterocycles. The Bertz CT molecular complexity index is 675. The highest BCUT2D eigenvalue weighted by Gasteiger charge is 2.15. The number of nitro groups is 1. The number of nitro benzene ring substituents is 1. The van der Waals surface area contributed by atoms with Crippen molar-refractivity contribution in [3.8, 4) is 17.6 Å². The fourth-order valence-corrected chi connectivity index (χ4v) is 1.65. The van der Waals surface area contributed by atoms with Gasteiger partial charge in [0.05, 0.1) is 11.0 Å². The Balaban J connectivity index is 2.27. The SMILES string of the molecule is CNc1ccc(Oc2ccc(C#N)c([N+](=O)[O-])c2)cc1. The molecule has 2 aromatic carbocycles. The van der Waals surface area contributed by atoms with Gasteiger partial charge in [0.15, 0.2) is 0 Å². The van der Waals surface area contributed by atoms with Gasteiger partial charge in [-0.25, -0.2) is 0 Å².